The number of likely N-dealkylation sites (tertiary alicyclic amines) is 1. The van der Waals surface area contributed by atoms with Crippen LogP contribution < -0.4 is 10.9 Å². The molecule has 1 aromatic carbocycles. The molecule has 0 atom stereocenters. The van der Waals surface area contributed by atoms with Crippen LogP contribution in [0.15, 0.2) is 47.4 Å². The zero-order valence-electron chi connectivity index (χ0n) is 19.5. The lowest BCUT2D eigenvalue weighted by molar-refractivity contribution is 0.0961. The number of hydrogen-bond donors (Lipinski definition) is 2. The molecule has 2 N–H and O–H groups in total. The van der Waals surface area contributed by atoms with E-state index in [0.29, 0.717) is 24.4 Å². The number of β-amino-alcohol motifs (C(OH)–C–C–N with tert-alkyl or cyclic N) is 1. The molecule has 33 heavy (non-hydrogen) atoms. The fourth-order valence-electron chi connectivity index (χ4n) is 4.49. The van der Waals surface area contributed by atoms with Gasteiger partial charge in [-0.05, 0) is 49.9 Å². The molecule has 0 bridgehead atoms. The maximum absolute atomic E-state index is 12.9. The van der Waals surface area contributed by atoms with Crippen LogP contribution in [0.5, 0.6) is 0 Å². The van der Waals surface area contributed by atoms with Crippen LogP contribution >= 0.6 is 0 Å². The van der Waals surface area contributed by atoms with Gasteiger partial charge in [0.05, 0.1) is 13.2 Å². The van der Waals surface area contributed by atoms with Gasteiger partial charge in [-0.15, -0.1) is 0 Å². The minimum absolute atomic E-state index is 0.00563. The van der Waals surface area contributed by atoms with Crippen molar-refractivity contribution in [3.63, 3.8) is 0 Å². The first-order valence-corrected chi connectivity index (χ1v) is 11.9. The summed E-state index contributed by atoms with van der Waals surface area (Å²) in [6.45, 7) is 3.35. The number of unbranched alkanes of at least 4 members (excludes halogenated alkanes) is 1. The van der Waals surface area contributed by atoms with Crippen LogP contribution in [-0.4, -0.2) is 59.6 Å². The summed E-state index contributed by atoms with van der Waals surface area (Å²) in [5.41, 5.74) is 0.926. The first-order valence-electron chi connectivity index (χ1n) is 11.9. The number of ketones is 1. The van der Waals surface area contributed by atoms with Crippen LogP contribution in [-0.2, 0) is 6.54 Å². The molecule has 1 fully saturated rings. The third kappa shape index (κ3) is 7.11. The summed E-state index contributed by atoms with van der Waals surface area (Å²) in [6, 6.07) is 10.9. The summed E-state index contributed by atoms with van der Waals surface area (Å²) < 4.78 is 1.45. The van der Waals surface area contributed by atoms with E-state index in [9.17, 15) is 14.4 Å². The van der Waals surface area contributed by atoms with E-state index >= 15 is 0 Å². The summed E-state index contributed by atoms with van der Waals surface area (Å²) >= 11 is 0. The topological polar surface area (TPSA) is 91.6 Å². The second kappa shape index (κ2) is 12.5. The van der Waals surface area contributed by atoms with E-state index in [1.54, 1.807) is 6.20 Å². The third-order valence-corrected chi connectivity index (χ3v) is 6.47. The van der Waals surface area contributed by atoms with Crippen molar-refractivity contribution in [2.45, 2.75) is 45.1 Å². The largest absolute Gasteiger partial charge is 0.395 e. The number of rotatable bonds is 11. The van der Waals surface area contributed by atoms with Crippen LogP contribution in [0.3, 0.4) is 0 Å². The normalized spacial score (nSPS) is 14.8. The van der Waals surface area contributed by atoms with E-state index in [0.717, 1.165) is 57.3 Å². The van der Waals surface area contributed by atoms with Gasteiger partial charge in [-0.3, -0.25) is 14.4 Å². The van der Waals surface area contributed by atoms with Gasteiger partial charge in [-0.25, -0.2) is 0 Å². The van der Waals surface area contributed by atoms with E-state index < -0.39 is 11.5 Å². The van der Waals surface area contributed by atoms with Crippen molar-refractivity contribution in [3.8, 4) is 0 Å². The van der Waals surface area contributed by atoms with Gasteiger partial charge in [0.2, 0.25) is 0 Å². The fraction of sp³-hybridized carbons (Fsp3) is 0.500. The molecule has 178 valence electrons. The maximum Gasteiger partial charge on any atom is 0.263 e. The Hall–Kier alpha value is -2.77. The number of aliphatic hydroxyl groups is 1. The number of carbonyl (C=O) groups excluding carboxylic acids is 2. The van der Waals surface area contributed by atoms with Crippen molar-refractivity contribution >= 4 is 11.7 Å². The number of carbonyl (C=O) groups is 2. The second-order valence-corrected chi connectivity index (χ2v) is 8.82. The van der Waals surface area contributed by atoms with Crippen molar-refractivity contribution in [2.24, 2.45) is 5.92 Å². The molecule has 0 unspecified atom stereocenters. The van der Waals surface area contributed by atoms with Gasteiger partial charge in [0.15, 0.2) is 5.78 Å². The summed E-state index contributed by atoms with van der Waals surface area (Å²) in [4.78, 5) is 40.3. The van der Waals surface area contributed by atoms with Crippen LogP contribution in [0, 0.1) is 5.92 Å². The average Bonchev–Trinajstić information content (AvgIpc) is 2.84. The molecule has 0 saturated carbocycles. The number of aromatic nitrogens is 1. The van der Waals surface area contributed by atoms with Gasteiger partial charge in [0, 0.05) is 31.8 Å². The van der Waals surface area contributed by atoms with E-state index in [1.807, 2.05) is 30.3 Å². The Kier molecular flexibility index (Phi) is 9.39. The highest BCUT2D eigenvalue weighted by atomic mass is 16.3. The lowest BCUT2D eigenvalue weighted by Gasteiger charge is -2.31. The number of hydrogen-bond acceptors (Lipinski definition) is 5. The third-order valence-electron chi connectivity index (χ3n) is 6.47. The van der Waals surface area contributed by atoms with Gasteiger partial charge in [0.1, 0.15) is 5.56 Å². The smallest absolute Gasteiger partial charge is 0.263 e. The van der Waals surface area contributed by atoms with Crippen LogP contribution in [0.25, 0.3) is 0 Å². The Labute approximate surface area is 195 Å². The summed E-state index contributed by atoms with van der Waals surface area (Å²) in [5, 5.41) is 11.6. The highest BCUT2D eigenvalue weighted by Gasteiger charge is 2.19. The van der Waals surface area contributed by atoms with E-state index in [1.165, 1.54) is 17.7 Å². The molecule has 1 saturated heterocycles. The molecule has 3 rings (SSSR count). The first-order chi connectivity index (χ1) is 16.0. The molecule has 1 aromatic heterocycles. The first kappa shape index (κ1) is 24.9. The van der Waals surface area contributed by atoms with E-state index in [2.05, 4.69) is 10.2 Å². The number of benzene rings is 1. The quantitative estimate of drug-likeness (QED) is 0.403. The van der Waals surface area contributed by atoms with E-state index in [-0.39, 0.29) is 18.0 Å². The zero-order chi connectivity index (χ0) is 23.6. The molecule has 7 nitrogen and oxygen atoms in total. The van der Waals surface area contributed by atoms with Crippen molar-refractivity contribution in [1.82, 2.24) is 14.8 Å². The number of aliphatic hydroxyl groups excluding tert-OH is 1. The van der Waals surface area contributed by atoms with Crippen molar-refractivity contribution in [2.75, 3.05) is 33.3 Å². The molecule has 7 heteroatoms. The van der Waals surface area contributed by atoms with Crippen LogP contribution in [0.2, 0.25) is 0 Å². The highest BCUT2D eigenvalue weighted by Crippen LogP contribution is 2.23. The van der Waals surface area contributed by atoms with Crippen LogP contribution in [0.4, 0.5) is 0 Å². The number of piperidine rings is 1. The van der Waals surface area contributed by atoms with Crippen molar-refractivity contribution in [3.05, 3.63) is 69.6 Å². The predicted molar refractivity (Wildman–Crippen MR) is 129 cm³/mol. The molecule has 1 aliphatic heterocycles. The summed E-state index contributed by atoms with van der Waals surface area (Å²) in [5.74, 6) is 0.159. The monoisotopic (exact) mass is 453 g/mol. The van der Waals surface area contributed by atoms with Gasteiger partial charge < -0.3 is 19.9 Å². The summed E-state index contributed by atoms with van der Waals surface area (Å²) in [7, 11) is 1.48. The lowest BCUT2D eigenvalue weighted by atomic mass is 9.91. The number of Topliss-reactive ketones (excluding diaryl/α,β-unsaturated/α-hetero) is 1. The number of amides is 1. The standard InChI is InChI=1S/C26H35N3O4/c1-27-25(32)23-17-22(19-29(26(23)33)18-21-8-3-2-4-9-21)24(31)10-6-5-7-20-11-13-28(14-12-20)15-16-30/h2-4,8-9,17,19-20,30H,5-7,10-16,18H2,1H3,(H,27,32). The minimum atomic E-state index is -0.482. The van der Waals surface area contributed by atoms with Gasteiger partial charge >= 0.3 is 0 Å². The fourth-order valence-corrected chi connectivity index (χ4v) is 4.49. The molecule has 0 spiro atoms. The van der Waals surface area contributed by atoms with Crippen molar-refractivity contribution in [1.29, 1.82) is 0 Å². The SMILES string of the molecule is CNC(=O)c1cc(C(=O)CCCCC2CCN(CCO)CC2)cn(Cc2ccccc2)c1=O. The molecular formula is C26H35N3O4. The number of pyridine rings is 1. The predicted octanol–water partition coefficient (Wildman–Crippen LogP) is 2.70. The Morgan fingerprint density at radius 3 is 2.52 bits per heavy atom. The Balaban J connectivity index is 1.60. The minimum Gasteiger partial charge on any atom is -0.395 e. The number of nitrogens with zero attached hydrogens (tertiary/aromatic N) is 2. The van der Waals surface area contributed by atoms with Crippen LogP contribution in [0.1, 0.15) is 64.8 Å². The Morgan fingerprint density at radius 2 is 1.85 bits per heavy atom. The molecule has 0 radical (unpaired) electrons. The number of nitrogens with one attached hydrogen (secondary N) is 1. The molecule has 2 aromatic rings. The summed E-state index contributed by atoms with van der Waals surface area (Å²) in [6.07, 6.45) is 7.17. The molecular weight excluding hydrogens is 418 g/mol. The molecule has 1 amide bonds. The van der Waals surface area contributed by atoms with Crippen molar-refractivity contribution < 1.29 is 14.7 Å². The Morgan fingerprint density at radius 1 is 1.12 bits per heavy atom. The van der Waals surface area contributed by atoms with Gasteiger partial charge in [-0.1, -0.05) is 43.2 Å². The van der Waals surface area contributed by atoms with Gasteiger partial charge in [0.25, 0.3) is 11.5 Å². The highest BCUT2D eigenvalue weighted by molar-refractivity contribution is 6.00. The maximum atomic E-state index is 12.9. The van der Waals surface area contributed by atoms with E-state index in [4.69, 9.17) is 5.11 Å². The zero-order valence-corrected chi connectivity index (χ0v) is 19.5. The Bertz CT molecular complexity index is 979. The lowest BCUT2D eigenvalue weighted by Crippen LogP contribution is -2.35. The molecule has 1 aliphatic rings. The van der Waals surface area contributed by atoms with Gasteiger partial charge in [-0.2, -0.15) is 0 Å². The molecule has 0 aliphatic carbocycles. The average molecular weight is 454 g/mol. The molecule has 2 heterocycles. The second-order valence-electron chi connectivity index (χ2n) is 8.82.